The zero-order chi connectivity index (χ0) is 20.8. The Balaban J connectivity index is 1.63. The highest BCUT2D eigenvalue weighted by Crippen LogP contribution is 2.40. The molecule has 0 N–H and O–H groups in total. The smallest absolute Gasteiger partial charge is 0.133 e. The number of hydrogen-bond acceptors (Lipinski definition) is 1. The molecule has 0 radical (unpaired) electrons. The van der Waals surface area contributed by atoms with Crippen LogP contribution >= 0.6 is 0 Å². The van der Waals surface area contributed by atoms with E-state index in [0.717, 1.165) is 49.9 Å². The summed E-state index contributed by atoms with van der Waals surface area (Å²) in [7, 11) is 0. The van der Waals surface area contributed by atoms with Gasteiger partial charge in [0.05, 0.1) is 5.56 Å². The van der Waals surface area contributed by atoms with Gasteiger partial charge in [-0.15, -0.1) is 0 Å². The van der Waals surface area contributed by atoms with Gasteiger partial charge in [-0.2, -0.15) is 0 Å². The van der Waals surface area contributed by atoms with Gasteiger partial charge in [0.2, 0.25) is 0 Å². The fourth-order valence-electron chi connectivity index (χ4n) is 4.28. The topological polar surface area (TPSA) is 9.23 Å². The van der Waals surface area contributed by atoms with E-state index in [9.17, 15) is 17.6 Å². The normalized spacial score (nSPS) is 19.3. The quantitative estimate of drug-likeness (QED) is 0.321. The van der Waals surface area contributed by atoms with Gasteiger partial charge in [-0.1, -0.05) is 38.7 Å². The Labute approximate surface area is 170 Å². The summed E-state index contributed by atoms with van der Waals surface area (Å²) in [5, 5.41) is 0. The summed E-state index contributed by atoms with van der Waals surface area (Å²) in [6.07, 6.45) is 8.42. The van der Waals surface area contributed by atoms with Gasteiger partial charge in [-0.3, -0.25) is 0 Å². The van der Waals surface area contributed by atoms with Crippen LogP contribution < -0.4 is 4.74 Å². The SMILES string of the molecule is CCCCC[C@H]1CC[C@H](c2c(F)cc(OCc3c(F)cccc3F)cc2F)CC1. The van der Waals surface area contributed by atoms with E-state index in [-0.39, 0.29) is 22.8 Å². The molecule has 1 aliphatic carbocycles. The zero-order valence-electron chi connectivity index (χ0n) is 16.8. The van der Waals surface area contributed by atoms with E-state index in [1.54, 1.807) is 0 Å². The van der Waals surface area contributed by atoms with Crippen molar-refractivity contribution in [1.82, 2.24) is 0 Å². The highest BCUT2D eigenvalue weighted by atomic mass is 19.1. The van der Waals surface area contributed by atoms with Gasteiger partial charge in [-0.05, 0) is 49.7 Å². The van der Waals surface area contributed by atoms with Crippen molar-refractivity contribution in [2.24, 2.45) is 5.92 Å². The lowest BCUT2D eigenvalue weighted by Crippen LogP contribution is -2.16. The number of benzene rings is 2. The molecular weight excluding hydrogens is 380 g/mol. The molecule has 0 amide bonds. The molecule has 1 saturated carbocycles. The van der Waals surface area contributed by atoms with Gasteiger partial charge >= 0.3 is 0 Å². The first-order chi connectivity index (χ1) is 14.0. The Kier molecular flexibility index (Phi) is 7.57. The lowest BCUT2D eigenvalue weighted by atomic mass is 9.76. The molecule has 1 aliphatic rings. The lowest BCUT2D eigenvalue weighted by Gasteiger charge is -2.29. The molecule has 1 fully saturated rings. The summed E-state index contributed by atoms with van der Waals surface area (Å²) in [6, 6.07) is 5.71. The minimum atomic E-state index is -0.752. The molecular formula is C24H28F4O. The van der Waals surface area contributed by atoms with Crippen LogP contribution in [-0.4, -0.2) is 0 Å². The molecule has 29 heavy (non-hydrogen) atoms. The summed E-state index contributed by atoms with van der Waals surface area (Å²) in [6.45, 7) is 1.75. The second-order valence-corrected chi connectivity index (χ2v) is 8.00. The summed E-state index contributed by atoms with van der Waals surface area (Å²) in [5.41, 5.74) is -0.153. The van der Waals surface area contributed by atoms with E-state index >= 15 is 0 Å². The first kappa shape index (κ1) is 21.7. The predicted molar refractivity (Wildman–Crippen MR) is 106 cm³/mol. The first-order valence-corrected chi connectivity index (χ1v) is 10.5. The van der Waals surface area contributed by atoms with Crippen molar-refractivity contribution >= 4 is 0 Å². The Hall–Kier alpha value is -2.04. The van der Waals surface area contributed by atoms with Crippen LogP contribution in [0.5, 0.6) is 5.75 Å². The van der Waals surface area contributed by atoms with E-state index in [4.69, 9.17) is 4.74 Å². The van der Waals surface area contributed by atoms with Crippen molar-refractivity contribution in [3.05, 3.63) is 64.7 Å². The highest BCUT2D eigenvalue weighted by Gasteiger charge is 2.27. The maximum Gasteiger partial charge on any atom is 0.133 e. The molecule has 0 spiro atoms. The minimum absolute atomic E-state index is 0.0698. The summed E-state index contributed by atoms with van der Waals surface area (Å²) in [4.78, 5) is 0. The standard InChI is InChI=1S/C24H28F4O/c1-2-3-4-6-16-9-11-17(12-10-16)24-22(27)13-18(14-23(24)28)29-15-19-20(25)7-5-8-21(19)26/h5,7-8,13-14,16-17H,2-4,6,9-12,15H2,1H3/t16-,17-. The van der Waals surface area contributed by atoms with Crippen LogP contribution in [0.3, 0.4) is 0 Å². The highest BCUT2D eigenvalue weighted by molar-refractivity contribution is 5.33. The van der Waals surface area contributed by atoms with Crippen LogP contribution in [0.15, 0.2) is 30.3 Å². The maximum atomic E-state index is 14.7. The van der Waals surface area contributed by atoms with E-state index in [1.165, 1.54) is 31.7 Å². The monoisotopic (exact) mass is 408 g/mol. The Morgan fingerprint density at radius 1 is 0.862 bits per heavy atom. The number of ether oxygens (including phenoxy) is 1. The Morgan fingerprint density at radius 3 is 2.07 bits per heavy atom. The van der Waals surface area contributed by atoms with Crippen LogP contribution in [0.25, 0.3) is 0 Å². The maximum absolute atomic E-state index is 14.7. The fraction of sp³-hybridized carbons (Fsp3) is 0.500. The number of hydrogen-bond donors (Lipinski definition) is 0. The molecule has 0 aliphatic heterocycles. The lowest BCUT2D eigenvalue weighted by molar-refractivity contribution is 0.283. The van der Waals surface area contributed by atoms with Crippen molar-refractivity contribution < 1.29 is 22.3 Å². The first-order valence-electron chi connectivity index (χ1n) is 10.5. The predicted octanol–water partition coefficient (Wildman–Crippen LogP) is 7.68. The average molecular weight is 408 g/mol. The van der Waals surface area contributed by atoms with Gasteiger partial charge in [0.1, 0.15) is 35.6 Å². The molecule has 0 aromatic heterocycles. The molecule has 2 aromatic rings. The molecule has 0 saturated heterocycles. The van der Waals surface area contributed by atoms with Crippen LogP contribution in [0.2, 0.25) is 0 Å². The average Bonchev–Trinajstić information content (AvgIpc) is 2.68. The molecule has 0 unspecified atom stereocenters. The largest absolute Gasteiger partial charge is 0.488 e. The molecule has 3 rings (SSSR count). The molecule has 0 atom stereocenters. The Bertz CT molecular complexity index is 769. The van der Waals surface area contributed by atoms with Gasteiger partial charge in [0.15, 0.2) is 0 Å². The number of rotatable bonds is 8. The van der Waals surface area contributed by atoms with Crippen molar-refractivity contribution in [3.63, 3.8) is 0 Å². The second kappa shape index (κ2) is 10.1. The van der Waals surface area contributed by atoms with Crippen molar-refractivity contribution in [1.29, 1.82) is 0 Å². The van der Waals surface area contributed by atoms with Crippen LogP contribution in [-0.2, 0) is 6.61 Å². The van der Waals surface area contributed by atoms with Crippen LogP contribution in [0.1, 0.15) is 75.3 Å². The molecule has 2 aromatic carbocycles. The Morgan fingerprint density at radius 2 is 1.48 bits per heavy atom. The minimum Gasteiger partial charge on any atom is -0.488 e. The van der Waals surface area contributed by atoms with Gasteiger partial charge in [-0.25, -0.2) is 17.6 Å². The zero-order valence-corrected chi connectivity index (χ0v) is 16.8. The molecule has 0 bridgehead atoms. The number of halogens is 4. The number of unbranched alkanes of at least 4 members (excludes halogenated alkanes) is 2. The van der Waals surface area contributed by atoms with Crippen LogP contribution in [0.4, 0.5) is 17.6 Å². The summed E-state index contributed by atoms with van der Waals surface area (Å²) >= 11 is 0. The fourth-order valence-corrected chi connectivity index (χ4v) is 4.28. The second-order valence-electron chi connectivity index (χ2n) is 8.00. The molecule has 0 heterocycles. The van der Waals surface area contributed by atoms with E-state index < -0.39 is 29.9 Å². The molecule has 5 heteroatoms. The third-order valence-corrected chi connectivity index (χ3v) is 5.97. The summed E-state index contributed by atoms with van der Waals surface area (Å²) in [5.74, 6) is -2.35. The van der Waals surface area contributed by atoms with Crippen LogP contribution in [0, 0.1) is 29.2 Å². The third-order valence-electron chi connectivity index (χ3n) is 5.97. The van der Waals surface area contributed by atoms with Gasteiger partial charge in [0, 0.05) is 17.7 Å². The van der Waals surface area contributed by atoms with Crippen molar-refractivity contribution in [2.75, 3.05) is 0 Å². The molecule has 158 valence electrons. The molecule has 1 nitrogen and oxygen atoms in total. The van der Waals surface area contributed by atoms with Crippen molar-refractivity contribution in [2.45, 2.75) is 70.8 Å². The van der Waals surface area contributed by atoms with E-state index in [1.807, 2.05) is 0 Å². The summed E-state index contributed by atoms with van der Waals surface area (Å²) < 4.78 is 61.9. The van der Waals surface area contributed by atoms with E-state index in [2.05, 4.69) is 6.92 Å². The van der Waals surface area contributed by atoms with E-state index in [0.29, 0.717) is 5.92 Å². The van der Waals surface area contributed by atoms with Gasteiger partial charge in [0.25, 0.3) is 0 Å². The van der Waals surface area contributed by atoms with Crippen molar-refractivity contribution in [3.8, 4) is 5.75 Å². The van der Waals surface area contributed by atoms with Gasteiger partial charge < -0.3 is 4.74 Å². The third kappa shape index (κ3) is 5.52.